The van der Waals surface area contributed by atoms with Crippen molar-refractivity contribution in [3.63, 3.8) is 0 Å². The van der Waals surface area contributed by atoms with Crippen molar-refractivity contribution in [2.24, 2.45) is 11.3 Å². The highest BCUT2D eigenvalue weighted by molar-refractivity contribution is 5.79. The number of nitrogens with zero attached hydrogens (tertiary/aromatic N) is 3. The number of rotatable bonds is 6. The molecule has 29 heavy (non-hydrogen) atoms. The van der Waals surface area contributed by atoms with Gasteiger partial charge < -0.3 is 15.1 Å². The van der Waals surface area contributed by atoms with E-state index in [0.29, 0.717) is 17.9 Å². The molecule has 1 aliphatic carbocycles. The second kappa shape index (κ2) is 10.3. The van der Waals surface area contributed by atoms with Gasteiger partial charge >= 0.3 is 0 Å². The summed E-state index contributed by atoms with van der Waals surface area (Å²) in [5.74, 6) is 0.740. The number of likely N-dealkylation sites (tertiary alicyclic amines) is 1. The highest BCUT2D eigenvalue weighted by atomic mass is 16.2. The molecule has 1 N–H and O–H groups in total. The molecular formula is C23H42N4O2. The molecule has 6 heteroatoms. The van der Waals surface area contributed by atoms with Crippen molar-refractivity contribution in [1.82, 2.24) is 20.0 Å². The molecule has 0 aromatic rings. The zero-order chi connectivity index (χ0) is 20.9. The van der Waals surface area contributed by atoms with E-state index in [1.807, 2.05) is 13.8 Å². The topological polar surface area (TPSA) is 55.9 Å². The van der Waals surface area contributed by atoms with Gasteiger partial charge in [0.05, 0.1) is 6.54 Å². The maximum Gasteiger partial charge on any atom is 0.236 e. The molecular weight excluding hydrogens is 364 g/mol. The standard InChI is InChI=1S/C23H42N4O2/c1-4-11-25-14-16-26(17-15-25)18-21(28)27-12-9-23(10-13-27)7-5-20(6-8-23)22(29)24-19(2)3/h19-20H,4-18H2,1-3H3,(H,24,29). The van der Waals surface area contributed by atoms with Crippen LogP contribution >= 0.6 is 0 Å². The third-order valence-electron chi connectivity index (χ3n) is 7.39. The first-order chi connectivity index (χ1) is 13.9. The van der Waals surface area contributed by atoms with Gasteiger partial charge in [-0.15, -0.1) is 0 Å². The van der Waals surface area contributed by atoms with Gasteiger partial charge in [-0.05, 0) is 70.8 Å². The summed E-state index contributed by atoms with van der Waals surface area (Å²) in [5.41, 5.74) is 0.372. The second-order valence-corrected chi connectivity index (χ2v) is 9.94. The molecule has 1 saturated carbocycles. The van der Waals surface area contributed by atoms with Crippen molar-refractivity contribution in [3.05, 3.63) is 0 Å². The van der Waals surface area contributed by atoms with Crippen molar-refractivity contribution in [1.29, 1.82) is 0 Å². The van der Waals surface area contributed by atoms with E-state index in [9.17, 15) is 9.59 Å². The number of hydrogen-bond donors (Lipinski definition) is 1. The van der Waals surface area contributed by atoms with E-state index in [2.05, 4.69) is 26.9 Å². The maximum absolute atomic E-state index is 12.8. The van der Waals surface area contributed by atoms with Crippen LogP contribution in [0.15, 0.2) is 0 Å². The minimum atomic E-state index is 0.189. The average molecular weight is 407 g/mol. The summed E-state index contributed by atoms with van der Waals surface area (Å²) in [4.78, 5) is 32.0. The molecule has 0 aromatic heterocycles. The summed E-state index contributed by atoms with van der Waals surface area (Å²) in [7, 11) is 0. The molecule has 3 fully saturated rings. The molecule has 0 bridgehead atoms. The molecule has 0 unspecified atom stereocenters. The molecule has 6 nitrogen and oxygen atoms in total. The van der Waals surface area contributed by atoms with Crippen LogP contribution in [-0.2, 0) is 9.59 Å². The van der Waals surface area contributed by atoms with Crippen LogP contribution in [-0.4, -0.2) is 84.9 Å². The fourth-order valence-electron chi connectivity index (χ4n) is 5.40. The third-order valence-corrected chi connectivity index (χ3v) is 7.39. The SMILES string of the molecule is CCCN1CCN(CC(=O)N2CCC3(CCC(C(=O)NC(C)C)CC3)CC2)CC1. The van der Waals surface area contributed by atoms with Gasteiger partial charge in [-0.2, -0.15) is 0 Å². The van der Waals surface area contributed by atoms with Crippen molar-refractivity contribution < 1.29 is 9.59 Å². The molecule has 2 heterocycles. The van der Waals surface area contributed by atoms with Crippen LogP contribution in [0.4, 0.5) is 0 Å². The Balaban J connectivity index is 1.38. The Morgan fingerprint density at radius 2 is 1.52 bits per heavy atom. The van der Waals surface area contributed by atoms with E-state index in [1.54, 1.807) is 0 Å². The van der Waals surface area contributed by atoms with Crippen molar-refractivity contribution >= 4 is 11.8 Å². The van der Waals surface area contributed by atoms with E-state index in [4.69, 9.17) is 0 Å². The highest BCUT2D eigenvalue weighted by Crippen LogP contribution is 2.46. The van der Waals surface area contributed by atoms with E-state index in [-0.39, 0.29) is 17.9 Å². The Bertz CT molecular complexity index is 539. The maximum atomic E-state index is 12.8. The van der Waals surface area contributed by atoms with E-state index >= 15 is 0 Å². The molecule has 2 aliphatic heterocycles. The first-order valence-electron chi connectivity index (χ1n) is 11.9. The van der Waals surface area contributed by atoms with Crippen LogP contribution in [0.3, 0.4) is 0 Å². The number of hydrogen-bond acceptors (Lipinski definition) is 4. The van der Waals surface area contributed by atoms with Crippen molar-refractivity contribution in [2.45, 2.75) is 71.8 Å². The Kier molecular flexibility index (Phi) is 7.97. The first kappa shape index (κ1) is 22.5. The monoisotopic (exact) mass is 406 g/mol. The first-order valence-corrected chi connectivity index (χ1v) is 11.9. The lowest BCUT2D eigenvalue weighted by Crippen LogP contribution is -2.52. The van der Waals surface area contributed by atoms with Crippen LogP contribution in [0.25, 0.3) is 0 Å². The molecule has 1 spiro atoms. The van der Waals surface area contributed by atoms with Crippen LogP contribution in [0, 0.1) is 11.3 Å². The van der Waals surface area contributed by atoms with Gasteiger partial charge in [0, 0.05) is 51.2 Å². The number of piperazine rings is 1. The quantitative estimate of drug-likeness (QED) is 0.736. The fourth-order valence-corrected chi connectivity index (χ4v) is 5.40. The third kappa shape index (κ3) is 6.17. The summed E-state index contributed by atoms with van der Waals surface area (Å²) in [6.45, 7) is 14.1. The Labute approximate surface area is 177 Å². The van der Waals surface area contributed by atoms with Gasteiger partial charge in [0.1, 0.15) is 0 Å². The van der Waals surface area contributed by atoms with Gasteiger partial charge in [-0.25, -0.2) is 0 Å². The van der Waals surface area contributed by atoms with Crippen molar-refractivity contribution in [2.75, 3.05) is 52.4 Å². The van der Waals surface area contributed by atoms with Gasteiger partial charge in [-0.1, -0.05) is 6.92 Å². The number of carbonyl (C=O) groups excluding carboxylic acids is 2. The molecule has 0 aromatic carbocycles. The van der Waals surface area contributed by atoms with Crippen LogP contribution in [0.2, 0.25) is 0 Å². The molecule has 3 rings (SSSR count). The molecule has 0 radical (unpaired) electrons. The average Bonchev–Trinajstić information content (AvgIpc) is 2.70. The largest absolute Gasteiger partial charge is 0.354 e. The zero-order valence-corrected chi connectivity index (χ0v) is 18.9. The summed E-state index contributed by atoms with van der Waals surface area (Å²) in [6.07, 6.45) is 7.74. The van der Waals surface area contributed by atoms with E-state index < -0.39 is 0 Å². The Hall–Kier alpha value is -1.14. The molecule has 2 saturated heterocycles. The van der Waals surface area contributed by atoms with Crippen LogP contribution in [0.1, 0.15) is 65.7 Å². The minimum absolute atomic E-state index is 0.189. The fraction of sp³-hybridized carbons (Fsp3) is 0.913. The highest BCUT2D eigenvalue weighted by Gasteiger charge is 2.40. The van der Waals surface area contributed by atoms with Gasteiger partial charge in [0.2, 0.25) is 11.8 Å². The summed E-state index contributed by atoms with van der Waals surface area (Å²) in [6, 6.07) is 0.224. The molecule has 3 aliphatic rings. The molecule has 166 valence electrons. The predicted molar refractivity (Wildman–Crippen MR) is 117 cm³/mol. The number of carbonyl (C=O) groups is 2. The molecule has 2 amide bonds. The lowest BCUT2D eigenvalue weighted by molar-refractivity contribution is -0.135. The number of piperidine rings is 1. The lowest BCUT2D eigenvalue weighted by Gasteiger charge is -2.46. The summed E-state index contributed by atoms with van der Waals surface area (Å²) >= 11 is 0. The van der Waals surface area contributed by atoms with Crippen molar-refractivity contribution in [3.8, 4) is 0 Å². The summed E-state index contributed by atoms with van der Waals surface area (Å²) in [5, 5.41) is 3.07. The van der Waals surface area contributed by atoms with Gasteiger partial charge in [-0.3, -0.25) is 14.5 Å². The Morgan fingerprint density at radius 1 is 0.931 bits per heavy atom. The number of nitrogens with one attached hydrogen (secondary N) is 1. The Morgan fingerprint density at radius 3 is 2.07 bits per heavy atom. The second-order valence-electron chi connectivity index (χ2n) is 9.94. The van der Waals surface area contributed by atoms with Gasteiger partial charge in [0.15, 0.2) is 0 Å². The van der Waals surface area contributed by atoms with Crippen LogP contribution in [0.5, 0.6) is 0 Å². The van der Waals surface area contributed by atoms with E-state index in [0.717, 1.165) is 77.8 Å². The lowest BCUT2D eigenvalue weighted by atomic mass is 9.65. The van der Waals surface area contributed by atoms with Gasteiger partial charge in [0.25, 0.3) is 0 Å². The zero-order valence-electron chi connectivity index (χ0n) is 18.9. The minimum Gasteiger partial charge on any atom is -0.354 e. The summed E-state index contributed by atoms with van der Waals surface area (Å²) < 4.78 is 0. The number of amides is 2. The molecule has 0 atom stereocenters. The predicted octanol–water partition coefficient (Wildman–Crippen LogP) is 2.34. The van der Waals surface area contributed by atoms with E-state index in [1.165, 1.54) is 13.0 Å². The van der Waals surface area contributed by atoms with Crippen LogP contribution < -0.4 is 5.32 Å². The smallest absolute Gasteiger partial charge is 0.236 e. The normalized spacial score (nSPS) is 24.2.